The van der Waals surface area contributed by atoms with Gasteiger partial charge in [0.1, 0.15) is 5.82 Å². The zero-order valence-electron chi connectivity index (χ0n) is 20.1. The van der Waals surface area contributed by atoms with Crippen molar-refractivity contribution in [3.8, 4) is 0 Å². The van der Waals surface area contributed by atoms with E-state index in [1.165, 1.54) is 0 Å². The number of carbonyl (C=O) groups excluding carboxylic acids is 1. The molecule has 3 rings (SSSR count). The fourth-order valence-corrected chi connectivity index (χ4v) is 3.86. The second-order valence-electron chi connectivity index (χ2n) is 8.23. The van der Waals surface area contributed by atoms with E-state index >= 15 is 0 Å². The predicted molar refractivity (Wildman–Crippen MR) is 131 cm³/mol. The molecule has 1 amide bonds. The Hall–Kier alpha value is -3.02. The third-order valence-corrected chi connectivity index (χ3v) is 5.57. The molecule has 0 bridgehead atoms. The van der Waals surface area contributed by atoms with Crippen molar-refractivity contribution in [2.45, 2.75) is 44.7 Å². The van der Waals surface area contributed by atoms with Crippen molar-refractivity contribution in [3.63, 3.8) is 0 Å². The Bertz CT molecular complexity index is 985. The highest BCUT2D eigenvalue weighted by Gasteiger charge is 2.26. The number of benzene rings is 1. The molecule has 1 aliphatic carbocycles. The highest BCUT2D eigenvalue weighted by Crippen LogP contribution is 2.28. The number of nitrogens with one attached hydrogen (secondary N) is 3. The molecule has 1 aromatic carbocycles. The Kier molecular flexibility index (Phi) is 9.80. The standard InChI is InChI=1S/C23H35N7O4/c1-15-8-9-17-16(14-15)20(29-21(26-17)22(31)25-10-11-32-2)27-18-6-4-5-7-19(18)28-23(24)30-34-13-12-33-3/h8-9,14,18-19H,4-7,10-13H2,1-3H3,(H,25,31)(H3,24,28,30)(H,26,27,29)/t18-,19+/m0/s1. The van der Waals surface area contributed by atoms with Crippen LogP contribution < -0.4 is 21.8 Å². The van der Waals surface area contributed by atoms with Crippen LogP contribution in [0.1, 0.15) is 41.9 Å². The van der Waals surface area contributed by atoms with E-state index in [1.807, 2.05) is 25.1 Å². The zero-order valence-corrected chi connectivity index (χ0v) is 20.1. The molecule has 0 saturated heterocycles. The van der Waals surface area contributed by atoms with Crippen LogP contribution in [0.3, 0.4) is 0 Å². The van der Waals surface area contributed by atoms with Gasteiger partial charge in [-0.1, -0.05) is 24.5 Å². The van der Waals surface area contributed by atoms with Crippen molar-refractivity contribution in [1.82, 2.24) is 20.8 Å². The molecule has 0 unspecified atom stereocenters. The van der Waals surface area contributed by atoms with Gasteiger partial charge in [0.15, 0.2) is 0 Å². The number of carbonyl (C=O) groups is 1. The minimum absolute atomic E-state index is 0.00362. The first-order valence-corrected chi connectivity index (χ1v) is 11.5. The maximum absolute atomic E-state index is 12.6. The van der Waals surface area contributed by atoms with Crippen molar-refractivity contribution in [1.29, 1.82) is 0 Å². The molecular formula is C23H35N7O4. The first-order valence-electron chi connectivity index (χ1n) is 11.5. The van der Waals surface area contributed by atoms with Gasteiger partial charge in [0, 0.05) is 26.2 Å². The number of aliphatic imine (C=N–C) groups is 1. The maximum Gasteiger partial charge on any atom is 0.289 e. The van der Waals surface area contributed by atoms with Gasteiger partial charge in [-0.3, -0.25) is 9.63 Å². The minimum atomic E-state index is -0.345. The van der Waals surface area contributed by atoms with Crippen LogP contribution in [0.25, 0.3) is 10.9 Å². The number of fused-ring (bicyclic) bond motifs is 1. The highest BCUT2D eigenvalue weighted by molar-refractivity contribution is 5.96. The maximum atomic E-state index is 12.6. The second kappa shape index (κ2) is 13.0. The molecule has 186 valence electrons. The van der Waals surface area contributed by atoms with Crippen molar-refractivity contribution < 1.29 is 19.1 Å². The summed E-state index contributed by atoms with van der Waals surface area (Å²) in [6.45, 7) is 3.62. The largest absolute Gasteiger partial charge is 0.383 e. The molecular weight excluding hydrogens is 438 g/mol. The number of nitrogens with two attached hydrogens (primary N) is 1. The van der Waals surface area contributed by atoms with E-state index < -0.39 is 0 Å². The van der Waals surface area contributed by atoms with Crippen LogP contribution in [0.4, 0.5) is 5.82 Å². The summed E-state index contributed by atoms with van der Waals surface area (Å²) in [4.78, 5) is 31.6. The molecule has 1 aromatic heterocycles. The summed E-state index contributed by atoms with van der Waals surface area (Å²) in [5.41, 5.74) is 10.5. The first kappa shape index (κ1) is 25.6. The number of ether oxygens (including phenoxy) is 2. The Morgan fingerprint density at radius 2 is 1.94 bits per heavy atom. The lowest BCUT2D eigenvalue weighted by molar-refractivity contribution is 0.0371. The normalized spacial score (nSPS) is 18.6. The van der Waals surface area contributed by atoms with Gasteiger partial charge in [0.05, 0.1) is 37.4 Å². The number of rotatable bonds is 11. The second-order valence-corrected chi connectivity index (χ2v) is 8.23. The number of guanidine groups is 1. The summed E-state index contributed by atoms with van der Waals surface area (Å²) in [6, 6.07) is 5.82. The van der Waals surface area contributed by atoms with E-state index in [9.17, 15) is 4.79 Å². The zero-order chi connectivity index (χ0) is 24.3. The lowest BCUT2D eigenvalue weighted by Gasteiger charge is -2.30. The fraction of sp³-hybridized carbons (Fsp3) is 0.565. The van der Waals surface area contributed by atoms with Crippen LogP contribution in [-0.2, 0) is 14.3 Å². The number of nitrogens with zero attached hydrogens (tertiary/aromatic N) is 3. The van der Waals surface area contributed by atoms with E-state index in [0.717, 1.165) is 36.6 Å². The van der Waals surface area contributed by atoms with Gasteiger partial charge in [0.2, 0.25) is 11.8 Å². The molecule has 34 heavy (non-hydrogen) atoms. The first-order chi connectivity index (χ1) is 16.5. The summed E-state index contributed by atoms with van der Waals surface area (Å²) in [6.07, 6.45) is 3.90. The van der Waals surface area contributed by atoms with Gasteiger partial charge >= 0.3 is 0 Å². The number of hydrogen-bond acceptors (Lipinski definition) is 8. The Labute approximate surface area is 199 Å². The van der Waals surface area contributed by atoms with E-state index in [0.29, 0.717) is 37.7 Å². The van der Waals surface area contributed by atoms with Crippen molar-refractivity contribution >= 4 is 28.6 Å². The van der Waals surface area contributed by atoms with Crippen molar-refractivity contribution in [2.24, 2.45) is 10.7 Å². The number of anilines is 1. The van der Waals surface area contributed by atoms with Crippen LogP contribution in [0.2, 0.25) is 0 Å². The van der Waals surface area contributed by atoms with Crippen LogP contribution in [0, 0.1) is 6.92 Å². The van der Waals surface area contributed by atoms with Gasteiger partial charge in [-0.05, 0) is 31.9 Å². The summed E-state index contributed by atoms with van der Waals surface area (Å²) in [5, 5.41) is 7.18. The number of aryl methyl sites for hydroxylation is 1. The number of amides is 1. The SMILES string of the molecule is COCCNC(=O)c1nc(N[C@H]2CCCC[C@H]2N=C(N)NOCCOC)c2cc(C)ccc2n1. The van der Waals surface area contributed by atoms with E-state index in [-0.39, 0.29) is 29.8 Å². The quantitative estimate of drug-likeness (QED) is 0.165. The van der Waals surface area contributed by atoms with Gasteiger partial charge in [-0.25, -0.2) is 20.4 Å². The number of aromatic nitrogens is 2. The van der Waals surface area contributed by atoms with Gasteiger partial charge in [-0.15, -0.1) is 0 Å². The van der Waals surface area contributed by atoms with Gasteiger partial charge < -0.3 is 25.8 Å². The third kappa shape index (κ3) is 7.24. The molecule has 5 N–H and O–H groups in total. The molecule has 1 fully saturated rings. The van der Waals surface area contributed by atoms with Crippen molar-refractivity contribution in [2.75, 3.05) is 45.9 Å². The molecule has 0 spiro atoms. The lowest BCUT2D eigenvalue weighted by Crippen LogP contribution is -2.40. The molecule has 0 aliphatic heterocycles. The lowest BCUT2D eigenvalue weighted by atomic mass is 9.90. The molecule has 11 heteroatoms. The van der Waals surface area contributed by atoms with Gasteiger partial charge in [-0.2, -0.15) is 0 Å². The van der Waals surface area contributed by atoms with Crippen LogP contribution in [-0.4, -0.2) is 74.5 Å². The summed E-state index contributed by atoms with van der Waals surface area (Å²) < 4.78 is 9.96. The average Bonchev–Trinajstić information content (AvgIpc) is 2.83. The highest BCUT2D eigenvalue weighted by atomic mass is 16.7. The molecule has 11 nitrogen and oxygen atoms in total. The fourth-order valence-electron chi connectivity index (χ4n) is 3.86. The van der Waals surface area contributed by atoms with Gasteiger partial charge in [0.25, 0.3) is 5.91 Å². The smallest absolute Gasteiger partial charge is 0.289 e. The third-order valence-electron chi connectivity index (χ3n) is 5.57. The number of methoxy groups -OCH3 is 2. The molecule has 1 heterocycles. The predicted octanol–water partition coefficient (Wildman–Crippen LogP) is 1.52. The van der Waals surface area contributed by atoms with Crippen molar-refractivity contribution in [3.05, 3.63) is 29.6 Å². The van der Waals surface area contributed by atoms with E-state index in [4.69, 9.17) is 20.0 Å². The molecule has 1 aliphatic rings. The van der Waals surface area contributed by atoms with Crippen LogP contribution >= 0.6 is 0 Å². The Balaban J connectivity index is 1.82. The Morgan fingerprint density at radius 1 is 1.15 bits per heavy atom. The molecule has 2 aromatic rings. The number of hydrogen-bond donors (Lipinski definition) is 4. The number of hydroxylamine groups is 1. The van der Waals surface area contributed by atoms with Crippen LogP contribution in [0.15, 0.2) is 23.2 Å². The monoisotopic (exact) mass is 473 g/mol. The summed E-state index contributed by atoms with van der Waals surface area (Å²) in [5.74, 6) is 0.595. The summed E-state index contributed by atoms with van der Waals surface area (Å²) in [7, 11) is 3.19. The molecule has 0 radical (unpaired) electrons. The average molecular weight is 474 g/mol. The van der Waals surface area contributed by atoms with Crippen LogP contribution in [0.5, 0.6) is 0 Å². The molecule has 2 atom stereocenters. The summed E-state index contributed by atoms with van der Waals surface area (Å²) >= 11 is 0. The Morgan fingerprint density at radius 3 is 2.74 bits per heavy atom. The topological polar surface area (TPSA) is 145 Å². The molecule has 1 saturated carbocycles. The van der Waals surface area contributed by atoms with E-state index in [1.54, 1.807) is 14.2 Å². The minimum Gasteiger partial charge on any atom is -0.383 e. The van der Waals surface area contributed by atoms with E-state index in [2.05, 4.69) is 31.1 Å².